The zero-order valence-electron chi connectivity index (χ0n) is 33.9. The number of rotatable bonds is 6. The molecule has 0 aliphatic heterocycles. The van der Waals surface area contributed by atoms with Gasteiger partial charge in [-0.05, 0) is 96.6 Å². The second kappa shape index (κ2) is 15.1. The highest BCUT2D eigenvalue weighted by molar-refractivity contribution is 6.12. The maximum atomic E-state index is 10.7. The van der Waals surface area contributed by atoms with Crippen molar-refractivity contribution in [2.75, 3.05) is 0 Å². The number of hydrogen-bond donors (Lipinski definition) is 0. The van der Waals surface area contributed by atoms with Gasteiger partial charge in [0, 0.05) is 55.2 Å². The van der Waals surface area contributed by atoms with Crippen LogP contribution >= 0.6 is 0 Å². The van der Waals surface area contributed by atoms with Crippen LogP contribution in [0.3, 0.4) is 0 Å². The predicted octanol–water partition coefficient (Wildman–Crippen LogP) is 12.8. The van der Waals surface area contributed by atoms with Crippen LogP contribution in [0.1, 0.15) is 22.3 Å². The monoisotopic (exact) mass is 814 g/mol. The Morgan fingerprint density at radius 3 is 1.27 bits per heavy atom. The minimum absolute atomic E-state index is 0.378. The van der Waals surface area contributed by atoms with Gasteiger partial charge in [0.05, 0.1) is 80.0 Å². The zero-order chi connectivity index (χ0) is 43.3. The summed E-state index contributed by atoms with van der Waals surface area (Å²) in [5.74, 6) is 0.479. The Hall–Kier alpha value is -9.60. The molecule has 0 spiro atoms. The third kappa shape index (κ3) is 6.12. The van der Waals surface area contributed by atoms with E-state index in [-0.39, 0.29) is 0 Å². The van der Waals surface area contributed by atoms with E-state index in [4.69, 9.17) is 9.97 Å². The number of benzene rings is 8. The van der Waals surface area contributed by atoms with Gasteiger partial charge in [0.25, 0.3) is 0 Å². The number of para-hydroxylation sites is 3. The molecule has 11 rings (SSSR count). The third-order valence-electron chi connectivity index (χ3n) is 11.9. The van der Waals surface area contributed by atoms with Crippen molar-refractivity contribution in [2.45, 2.75) is 0 Å². The number of fused-ring (bicyclic) bond motifs is 6. The van der Waals surface area contributed by atoms with Crippen LogP contribution in [0.25, 0.3) is 100 Å². The van der Waals surface area contributed by atoms with Crippen molar-refractivity contribution in [3.8, 4) is 80.7 Å². The van der Waals surface area contributed by atoms with Gasteiger partial charge < -0.3 is 9.13 Å². The summed E-state index contributed by atoms with van der Waals surface area (Å²) in [6.45, 7) is 0. The van der Waals surface area contributed by atoms with Crippen LogP contribution in [0.15, 0.2) is 182 Å². The summed E-state index contributed by atoms with van der Waals surface area (Å²) in [5, 5.41) is 44.7. The Kier molecular flexibility index (Phi) is 8.85. The molecule has 0 aliphatic rings. The summed E-state index contributed by atoms with van der Waals surface area (Å²) < 4.78 is 4.45. The Morgan fingerprint density at radius 1 is 0.344 bits per heavy atom. The van der Waals surface area contributed by atoms with E-state index in [1.54, 1.807) is 24.3 Å². The van der Waals surface area contributed by atoms with Crippen LogP contribution in [0, 0.1) is 45.3 Å². The quantitative estimate of drug-likeness (QED) is 0.164. The Morgan fingerprint density at radius 2 is 0.766 bits per heavy atom. The third-order valence-corrected chi connectivity index (χ3v) is 11.9. The van der Waals surface area contributed by atoms with Crippen molar-refractivity contribution < 1.29 is 0 Å². The SMILES string of the molecule is N#Cc1ccc(-c2cc(-c3ccc(-c4c(C#N)cc(-n5c6ccccc6c6cc(-n7c8ccccc8c8ccccc87)ccc65)cc4C#N)cc3)nc(-c3ccc(C#N)cc3)n2)cc1. The van der Waals surface area contributed by atoms with Gasteiger partial charge in [-0.2, -0.15) is 21.0 Å². The Bertz CT molecular complexity index is 3700. The number of nitrogens with zero attached hydrogens (tertiary/aromatic N) is 8. The lowest BCUT2D eigenvalue weighted by molar-refractivity contribution is 1.16. The van der Waals surface area contributed by atoms with E-state index >= 15 is 0 Å². The molecule has 64 heavy (non-hydrogen) atoms. The van der Waals surface area contributed by atoms with Gasteiger partial charge in [0.2, 0.25) is 0 Å². The van der Waals surface area contributed by atoms with Gasteiger partial charge in [-0.1, -0.05) is 91.0 Å². The van der Waals surface area contributed by atoms with Crippen molar-refractivity contribution in [3.63, 3.8) is 0 Å². The van der Waals surface area contributed by atoms with Gasteiger partial charge >= 0.3 is 0 Å². The van der Waals surface area contributed by atoms with E-state index in [9.17, 15) is 21.0 Å². The fourth-order valence-electron chi connectivity index (χ4n) is 8.91. The van der Waals surface area contributed by atoms with Gasteiger partial charge in [0.15, 0.2) is 5.82 Å². The molecule has 0 saturated heterocycles. The van der Waals surface area contributed by atoms with Crippen LogP contribution in [0.2, 0.25) is 0 Å². The average molecular weight is 815 g/mol. The van der Waals surface area contributed by atoms with E-state index in [0.29, 0.717) is 45.0 Å². The van der Waals surface area contributed by atoms with Crippen LogP contribution in [-0.2, 0) is 0 Å². The molecule has 11 aromatic rings. The molecule has 0 bridgehead atoms. The minimum atomic E-state index is 0.378. The molecule has 8 heteroatoms. The van der Waals surface area contributed by atoms with E-state index in [1.807, 2.05) is 78.9 Å². The van der Waals surface area contributed by atoms with Crippen molar-refractivity contribution in [1.29, 1.82) is 21.0 Å². The highest BCUT2D eigenvalue weighted by Gasteiger charge is 2.20. The summed E-state index contributed by atoms with van der Waals surface area (Å²) in [6.07, 6.45) is 0. The number of aromatic nitrogens is 4. The first-order chi connectivity index (χ1) is 31.5. The highest BCUT2D eigenvalue weighted by atomic mass is 15.0. The topological polar surface area (TPSA) is 131 Å². The highest BCUT2D eigenvalue weighted by Crippen LogP contribution is 2.39. The molecule has 0 atom stereocenters. The standard InChI is InChI=1S/C56H30N8/c57-31-35-13-17-37(18-14-35)49-30-50(62-56(61-49)40-19-15-36(32-58)16-20-40)38-21-23-39(24-22-38)55-41(33-59)27-44(28-42(55)34-60)64-53-12-6-3-9-47(53)48-29-43(25-26-54(48)64)63-51-10-4-1-7-45(51)46-8-2-5-11-52(46)63/h1-30H. The van der Waals surface area contributed by atoms with Crippen LogP contribution < -0.4 is 0 Å². The lowest BCUT2D eigenvalue weighted by atomic mass is 9.93. The molecule has 0 N–H and O–H groups in total. The summed E-state index contributed by atoms with van der Waals surface area (Å²) in [5.41, 5.74) is 12.7. The van der Waals surface area contributed by atoms with Gasteiger partial charge in [-0.25, -0.2) is 9.97 Å². The Balaban J connectivity index is 1.01. The van der Waals surface area contributed by atoms with Gasteiger partial charge in [-0.3, -0.25) is 0 Å². The van der Waals surface area contributed by atoms with Crippen molar-refractivity contribution in [1.82, 2.24) is 19.1 Å². The summed E-state index contributed by atoms with van der Waals surface area (Å²) in [4.78, 5) is 9.81. The molecular weight excluding hydrogens is 785 g/mol. The first-order valence-corrected chi connectivity index (χ1v) is 20.5. The van der Waals surface area contributed by atoms with E-state index in [0.717, 1.165) is 66.5 Å². The molecular formula is C56H30N8. The summed E-state index contributed by atoms with van der Waals surface area (Å²) >= 11 is 0. The normalized spacial score (nSPS) is 11.1. The molecule has 3 aromatic heterocycles. The molecule has 0 aliphatic carbocycles. The molecule has 3 heterocycles. The summed E-state index contributed by atoms with van der Waals surface area (Å²) in [7, 11) is 0. The predicted molar refractivity (Wildman–Crippen MR) is 251 cm³/mol. The fourth-order valence-corrected chi connectivity index (χ4v) is 8.91. The molecule has 294 valence electrons. The second-order valence-electron chi connectivity index (χ2n) is 15.5. The molecule has 0 saturated carbocycles. The second-order valence-corrected chi connectivity index (χ2v) is 15.5. The lowest BCUT2D eigenvalue weighted by Gasteiger charge is -2.14. The van der Waals surface area contributed by atoms with Crippen LogP contribution in [0.4, 0.5) is 0 Å². The van der Waals surface area contributed by atoms with Gasteiger partial charge in [0.1, 0.15) is 0 Å². The maximum absolute atomic E-state index is 10.7. The number of nitriles is 4. The minimum Gasteiger partial charge on any atom is -0.309 e. The molecule has 8 aromatic carbocycles. The average Bonchev–Trinajstić information content (AvgIpc) is 3.88. The smallest absolute Gasteiger partial charge is 0.160 e. The zero-order valence-corrected chi connectivity index (χ0v) is 33.9. The van der Waals surface area contributed by atoms with Crippen molar-refractivity contribution >= 4 is 43.6 Å². The fraction of sp³-hybridized carbons (Fsp3) is 0. The van der Waals surface area contributed by atoms with E-state index in [1.165, 1.54) is 10.8 Å². The number of hydrogen-bond acceptors (Lipinski definition) is 6. The lowest BCUT2D eigenvalue weighted by Crippen LogP contribution is -1.99. The van der Waals surface area contributed by atoms with Crippen LogP contribution in [-0.4, -0.2) is 19.1 Å². The largest absolute Gasteiger partial charge is 0.309 e. The van der Waals surface area contributed by atoms with Gasteiger partial charge in [-0.15, -0.1) is 0 Å². The first kappa shape index (κ1) is 37.4. The van der Waals surface area contributed by atoms with E-state index in [2.05, 4.69) is 112 Å². The molecule has 0 fully saturated rings. The van der Waals surface area contributed by atoms with E-state index < -0.39 is 0 Å². The molecule has 0 radical (unpaired) electrons. The molecule has 0 amide bonds. The van der Waals surface area contributed by atoms with Crippen molar-refractivity contribution in [3.05, 3.63) is 204 Å². The first-order valence-electron chi connectivity index (χ1n) is 20.5. The molecule has 8 nitrogen and oxygen atoms in total. The summed E-state index contributed by atoms with van der Waals surface area (Å²) in [6, 6.07) is 68.5. The Labute approximate surface area is 367 Å². The maximum Gasteiger partial charge on any atom is 0.160 e. The van der Waals surface area contributed by atoms with Crippen LogP contribution in [0.5, 0.6) is 0 Å². The molecule has 0 unspecified atom stereocenters. The van der Waals surface area contributed by atoms with Crippen molar-refractivity contribution in [2.24, 2.45) is 0 Å².